The first-order chi connectivity index (χ1) is 31.0. The predicted molar refractivity (Wildman–Crippen MR) is 238 cm³/mol. The van der Waals surface area contributed by atoms with Gasteiger partial charge in [0.1, 0.15) is 12.3 Å². The van der Waals surface area contributed by atoms with Crippen LogP contribution in [0.4, 0.5) is 11.4 Å². The van der Waals surface area contributed by atoms with Gasteiger partial charge in [0.15, 0.2) is 0 Å². The van der Waals surface area contributed by atoms with E-state index in [9.17, 15) is 29.1 Å². The van der Waals surface area contributed by atoms with E-state index in [0.717, 1.165) is 28.1 Å². The number of nitrogens with zero attached hydrogens (tertiary/aromatic N) is 1. The molecule has 1 aliphatic carbocycles. The van der Waals surface area contributed by atoms with Gasteiger partial charge in [0, 0.05) is 72.0 Å². The quantitative estimate of drug-likeness (QED) is 0.0728. The number of rotatable bonds is 18. The highest BCUT2D eigenvalue weighted by Crippen LogP contribution is 2.60. The molecule has 64 heavy (non-hydrogen) atoms. The van der Waals surface area contributed by atoms with E-state index in [4.69, 9.17) is 14.2 Å². The summed E-state index contributed by atoms with van der Waals surface area (Å²) in [6.45, 7) is 7.73. The zero-order chi connectivity index (χ0) is 44.8. The molecule has 1 saturated carbocycles. The summed E-state index contributed by atoms with van der Waals surface area (Å²) in [6, 6.07) is 22.1. The van der Waals surface area contributed by atoms with Crippen LogP contribution in [-0.4, -0.2) is 122 Å². The molecule has 8 rings (SSSR count). The van der Waals surface area contributed by atoms with Crippen molar-refractivity contribution in [1.29, 1.82) is 0 Å². The number of imide groups is 1. The van der Waals surface area contributed by atoms with Crippen molar-refractivity contribution in [3.8, 4) is 0 Å². The molecule has 342 valence electrons. The first-order valence-electron chi connectivity index (χ1n) is 22.7. The van der Waals surface area contributed by atoms with E-state index in [1.165, 1.54) is 4.90 Å². The number of benzene rings is 3. The van der Waals surface area contributed by atoms with Gasteiger partial charge in [-0.3, -0.25) is 34.6 Å². The molecular weight excluding hydrogens is 819 g/mol. The predicted octanol–water partition coefficient (Wildman–Crippen LogP) is 2.92. The van der Waals surface area contributed by atoms with Crippen molar-refractivity contribution >= 4 is 40.9 Å². The van der Waals surface area contributed by atoms with Gasteiger partial charge in [0.05, 0.1) is 51.1 Å². The van der Waals surface area contributed by atoms with Crippen LogP contribution in [0.5, 0.6) is 0 Å². The molecule has 0 bridgehead atoms. The van der Waals surface area contributed by atoms with E-state index in [1.54, 1.807) is 12.1 Å². The number of para-hydroxylation sites is 1. The highest BCUT2D eigenvalue weighted by atomic mass is 16.5. The Morgan fingerprint density at radius 1 is 0.797 bits per heavy atom. The molecule has 3 aromatic carbocycles. The lowest BCUT2D eigenvalue weighted by Crippen LogP contribution is -2.57. The number of carbonyl (C=O) groups is 5. The average molecular weight is 880 g/mol. The first-order valence-corrected chi connectivity index (χ1v) is 22.7. The van der Waals surface area contributed by atoms with Crippen molar-refractivity contribution in [2.24, 2.45) is 5.92 Å². The average Bonchev–Trinajstić information content (AvgIpc) is 3.88. The zero-order valence-corrected chi connectivity index (χ0v) is 36.7. The fourth-order valence-corrected chi connectivity index (χ4v) is 10.7. The molecule has 16 nitrogen and oxygen atoms in total. The summed E-state index contributed by atoms with van der Waals surface area (Å²) in [5, 5.41) is 30.7. The lowest BCUT2D eigenvalue weighted by molar-refractivity contribution is -0.137. The third-order valence-corrected chi connectivity index (χ3v) is 13.8. The second-order valence-electron chi connectivity index (χ2n) is 17.9. The number of amides is 5. The van der Waals surface area contributed by atoms with Crippen molar-refractivity contribution in [2.75, 3.05) is 63.4 Å². The maximum absolute atomic E-state index is 14.2. The number of ether oxygens (including phenoxy) is 3. The van der Waals surface area contributed by atoms with Gasteiger partial charge in [-0.1, -0.05) is 54.6 Å². The monoisotopic (exact) mass is 879 g/mol. The number of carbonyl (C=O) groups excluding carboxylic acids is 5. The van der Waals surface area contributed by atoms with Gasteiger partial charge >= 0.3 is 0 Å². The number of piperidine rings is 1. The highest BCUT2D eigenvalue weighted by Gasteiger charge is 2.68. The minimum Gasteiger partial charge on any atom is -0.382 e. The molecule has 3 fully saturated rings. The lowest BCUT2D eigenvalue weighted by atomic mass is 9.59. The maximum Gasteiger partial charge on any atom is 0.255 e. The molecule has 2 saturated heterocycles. The van der Waals surface area contributed by atoms with Crippen LogP contribution in [0.25, 0.3) is 0 Å². The van der Waals surface area contributed by atoms with E-state index in [-0.39, 0.29) is 47.9 Å². The third-order valence-electron chi connectivity index (χ3n) is 13.8. The Hall–Kier alpha value is -5.39. The number of nitrogens with one attached hydrogen (secondary N) is 6. The van der Waals surface area contributed by atoms with Crippen LogP contribution in [0.2, 0.25) is 0 Å². The minimum atomic E-state index is -0.903. The number of aliphatic hydroxyl groups excluding tert-OH is 1. The van der Waals surface area contributed by atoms with Gasteiger partial charge in [-0.05, 0) is 75.3 Å². The molecule has 0 radical (unpaired) electrons. The molecule has 7 N–H and O–H groups in total. The maximum atomic E-state index is 14.2. The number of hydrogen-bond acceptors (Lipinski definition) is 12. The standard InChI is InChI=1S/C48H61N7O9/c1-47(2)48(35-12-6-7-13-37(35)52-46(48)61)40(30-9-4-3-5-10-30)41(54-47)44(59)51-32-17-15-31(16-18-32)42(57)50-22-24-63-26-28-64-27-25-62-23-21-49-36-14-8-11-33-34(36)29-55(45(33)60)38-19-20-39(56)53-43(38)58/h3-14,31-32,38,40-41,46,49,52,54,61H,15-29H2,1-2H3,(H,50,57)(H,51,59)(H,53,56,58)/t31-,32-,38?,40-,41+,46?,48+/m0/s1. The SMILES string of the molecule is CC1(C)N[C@@H](C(=O)N[C@H]2CC[C@H](C(=O)NCCOCCOCCOCCNc3cccc4c3CN(C3CCC(=O)NC3=O)C4=O)CC2)[C@H](c2ccccc2)[C@@]12c1ccccc1NC2O. The summed E-state index contributed by atoms with van der Waals surface area (Å²) in [4.78, 5) is 65.8. The Morgan fingerprint density at radius 2 is 1.48 bits per heavy atom. The normalized spacial score (nSPS) is 26.9. The summed E-state index contributed by atoms with van der Waals surface area (Å²) >= 11 is 0. The Morgan fingerprint density at radius 3 is 2.22 bits per heavy atom. The van der Waals surface area contributed by atoms with E-state index in [1.807, 2.05) is 54.6 Å². The topological polar surface area (TPSA) is 209 Å². The number of anilines is 2. The second kappa shape index (κ2) is 19.8. The van der Waals surface area contributed by atoms with E-state index < -0.39 is 35.2 Å². The number of fused-ring (bicyclic) bond motifs is 3. The summed E-state index contributed by atoms with van der Waals surface area (Å²) < 4.78 is 17.0. The highest BCUT2D eigenvalue weighted by molar-refractivity contribution is 6.06. The van der Waals surface area contributed by atoms with Crippen molar-refractivity contribution in [1.82, 2.24) is 26.2 Å². The van der Waals surface area contributed by atoms with Crippen molar-refractivity contribution in [3.63, 3.8) is 0 Å². The fraction of sp³-hybridized carbons (Fsp3) is 0.521. The van der Waals surface area contributed by atoms with Crippen LogP contribution >= 0.6 is 0 Å². The molecule has 5 atom stereocenters. The van der Waals surface area contributed by atoms with Gasteiger partial charge in [-0.25, -0.2) is 0 Å². The molecule has 3 aromatic rings. The molecule has 1 spiro atoms. The Labute approximate surface area is 373 Å². The Kier molecular flexibility index (Phi) is 14.0. The molecular formula is C48H61N7O9. The van der Waals surface area contributed by atoms with Crippen molar-refractivity contribution in [3.05, 3.63) is 95.1 Å². The molecule has 2 unspecified atom stereocenters. The summed E-state index contributed by atoms with van der Waals surface area (Å²) in [5.41, 5.74) is 3.61. The molecule has 4 heterocycles. The van der Waals surface area contributed by atoms with Gasteiger partial charge in [0.2, 0.25) is 23.6 Å². The van der Waals surface area contributed by atoms with Gasteiger partial charge in [-0.15, -0.1) is 0 Å². The first kappa shape index (κ1) is 45.2. The minimum absolute atomic E-state index is 0.00211. The molecule has 4 aliphatic heterocycles. The molecule has 5 amide bonds. The van der Waals surface area contributed by atoms with Crippen molar-refractivity contribution < 1.29 is 43.3 Å². The van der Waals surface area contributed by atoms with Crippen LogP contribution in [0.15, 0.2) is 72.8 Å². The van der Waals surface area contributed by atoms with Gasteiger partial charge in [-0.2, -0.15) is 0 Å². The summed E-state index contributed by atoms with van der Waals surface area (Å²) in [7, 11) is 0. The third kappa shape index (κ3) is 9.11. The Bertz CT molecular complexity index is 2180. The molecule has 5 aliphatic rings. The summed E-state index contributed by atoms with van der Waals surface area (Å²) in [5.74, 6) is -1.52. The van der Waals surface area contributed by atoms with Crippen LogP contribution in [0, 0.1) is 5.92 Å². The number of aliphatic hydroxyl groups is 1. The lowest BCUT2D eigenvalue weighted by Gasteiger charge is -2.44. The largest absolute Gasteiger partial charge is 0.382 e. The van der Waals surface area contributed by atoms with Crippen LogP contribution < -0.4 is 31.9 Å². The van der Waals surface area contributed by atoms with E-state index >= 15 is 0 Å². The smallest absolute Gasteiger partial charge is 0.255 e. The van der Waals surface area contributed by atoms with Crippen molar-refractivity contribution in [2.45, 2.75) is 100 Å². The summed E-state index contributed by atoms with van der Waals surface area (Å²) in [6.07, 6.45) is 2.38. The molecule has 16 heteroatoms. The molecule has 0 aromatic heterocycles. The van der Waals surface area contributed by atoms with Crippen LogP contribution in [0.1, 0.15) is 85.3 Å². The van der Waals surface area contributed by atoms with Gasteiger partial charge < -0.3 is 45.5 Å². The Balaban J connectivity index is 0.685. The van der Waals surface area contributed by atoms with E-state index in [2.05, 4.69) is 51.8 Å². The fourth-order valence-electron chi connectivity index (χ4n) is 10.7. The zero-order valence-electron chi connectivity index (χ0n) is 36.7. The van der Waals surface area contributed by atoms with Crippen LogP contribution in [-0.2, 0) is 45.3 Å². The van der Waals surface area contributed by atoms with Gasteiger partial charge in [0.25, 0.3) is 5.91 Å². The van der Waals surface area contributed by atoms with E-state index in [0.29, 0.717) is 96.9 Å². The van der Waals surface area contributed by atoms with Crippen LogP contribution in [0.3, 0.4) is 0 Å². The second-order valence-corrected chi connectivity index (χ2v) is 17.9. The number of hydrogen-bond donors (Lipinski definition) is 7.